The molecule has 2 rings (SSSR count). The fourth-order valence-corrected chi connectivity index (χ4v) is 5.06. The summed E-state index contributed by atoms with van der Waals surface area (Å²) in [7, 11) is 0. The number of hydrogen-bond acceptors (Lipinski definition) is 7. The maximum atomic E-state index is 13.7. The highest BCUT2D eigenvalue weighted by Gasteiger charge is 2.32. The van der Waals surface area contributed by atoms with Gasteiger partial charge >= 0.3 is 12.1 Å². The van der Waals surface area contributed by atoms with E-state index >= 15 is 0 Å². The molecule has 0 unspecified atom stereocenters. The second-order valence-corrected chi connectivity index (χ2v) is 13.7. The molecule has 254 valence electrons. The minimum absolute atomic E-state index is 0.0694. The van der Waals surface area contributed by atoms with Gasteiger partial charge in [-0.05, 0) is 66.4 Å². The Bertz CT molecular complexity index is 1090. The zero-order chi connectivity index (χ0) is 33.8. The van der Waals surface area contributed by atoms with E-state index in [0.29, 0.717) is 38.8 Å². The number of piperidine rings is 1. The fraction of sp³-hybridized carbons (Fsp3) is 0.697. The van der Waals surface area contributed by atoms with Crippen LogP contribution in [0.3, 0.4) is 0 Å². The monoisotopic (exact) mass is 633 g/mol. The molecule has 1 aliphatic rings. The van der Waals surface area contributed by atoms with Gasteiger partial charge in [0, 0.05) is 32.0 Å². The van der Waals surface area contributed by atoms with E-state index in [2.05, 4.69) is 21.3 Å². The molecule has 1 saturated heterocycles. The molecular formula is C33H55N5O7. The summed E-state index contributed by atoms with van der Waals surface area (Å²) in [4.78, 5) is 54.1. The molecule has 0 radical (unpaired) electrons. The number of alkyl carbamates (subject to hydrolysis) is 1. The Labute approximate surface area is 268 Å². The highest BCUT2D eigenvalue weighted by atomic mass is 16.6. The molecule has 5 amide bonds. The van der Waals surface area contributed by atoms with E-state index in [1.165, 1.54) is 0 Å². The van der Waals surface area contributed by atoms with Crippen molar-refractivity contribution in [1.29, 1.82) is 0 Å². The van der Waals surface area contributed by atoms with Gasteiger partial charge in [0.25, 0.3) is 0 Å². The third-order valence-electron chi connectivity index (χ3n) is 7.53. The smallest absolute Gasteiger partial charge is 0.407 e. The van der Waals surface area contributed by atoms with Crippen LogP contribution in [0.1, 0.15) is 92.6 Å². The number of amides is 5. The van der Waals surface area contributed by atoms with Crippen LogP contribution >= 0.6 is 0 Å². The molecule has 1 aromatic rings. The lowest BCUT2D eigenvalue weighted by Crippen LogP contribution is -2.58. The van der Waals surface area contributed by atoms with Gasteiger partial charge in [0.2, 0.25) is 11.8 Å². The van der Waals surface area contributed by atoms with E-state index in [0.717, 1.165) is 12.0 Å². The minimum Gasteiger partial charge on any atom is -0.444 e. The summed E-state index contributed by atoms with van der Waals surface area (Å²) in [6.07, 6.45) is 1.76. The van der Waals surface area contributed by atoms with Crippen LogP contribution in [0.4, 0.5) is 9.59 Å². The van der Waals surface area contributed by atoms with Crippen molar-refractivity contribution >= 4 is 23.9 Å². The van der Waals surface area contributed by atoms with Crippen molar-refractivity contribution in [1.82, 2.24) is 26.2 Å². The summed E-state index contributed by atoms with van der Waals surface area (Å²) in [6.45, 7) is 13.0. The van der Waals surface area contributed by atoms with Crippen LogP contribution in [-0.4, -0.2) is 93.6 Å². The quantitative estimate of drug-likeness (QED) is 0.183. The van der Waals surface area contributed by atoms with Gasteiger partial charge in [-0.2, -0.15) is 0 Å². The standard InChI is InChI=1S/C33H55N5O7/c1-8-9-15-25(28(40)34-22(2)27(39)21-33(6,7)44)36-29(41)26(20-23-13-11-10-12-14-23)37-30(42)38-18-16-24(17-19-38)35-31(43)45-32(3,4)5/h10-14,22,24-27,39,44H,8-9,15-21H2,1-7H3,(H,34,40)(H,35,43)(H,36,41)(H,37,42)/t22-,25-,26-,27-/m0/s1. The zero-order valence-corrected chi connectivity index (χ0v) is 28.0. The highest BCUT2D eigenvalue weighted by molar-refractivity contribution is 5.92. The van der Waals surface area contributed by atoms with Crippen molar-refractivity contribution in [3.63, 3.8) is 0 Å². The predicted molar refractivity (Wildman–Crippen MR) is 172 cm³/mol. The topological polar surface area (TPSA) is 169 Å². The first-order valence-electron chi connectivity index (χ1n) is 16.1. The summed E-state index contributed by atoms with van der Waals surface area (Å²) < 4.78 is 5.34. The summed E-state index contributed by atoms with van der Waals surface area (Å²) in [5.74, 6) is -0.932. The minimum atomic E-state index is -1.11. The molecule has 0 aromatic heterocycles. The molecule has 1 fully saturated rings. The van der Waals surface area contributed by atoms with E-state index in [1.807, 2.05) is 37.3 Å². The number of carbonyl (C=O) groups excluding carboxylic acids is 4. The van der Waals surface area contributed by atoms with Crippen molar-refractivity contribution in [2.45, 2.75) is 135 Å². The predicted octanol–water partition coefficient (Wildman–Crippen LogP) is 3.00. The first-order valence-corrected chi connectivity index (χ1v) is 16.1. The number of nitrogens with one attached hydrogen (secondary N) is 4. The number of rotatable bonds is 14. The highest BCUT2D eigenvalue weighted by Crippen LogP contribution is 2.15. The van der Waals surface area contributed by atoms with Crippen molar-refractivity contribution < 1.29 is 34.1 Å². The maximum Gasteiger partial charge on any atom is 0.407 e. The Kier molecular flexibility index (Phi) is 14.6. The Hall–Kier alpha value is -3.38. The van der Waals surface area contributed by atoms with Crippen molar-refractivity contribution in [3.05, 3.63) is 35.9 Å². The summed E-state index contributed by atoms with van der Waals surface area (Å²) in [5, 5.41) is 31.9. The van der Waals surface area contributed by atoms with E-state index in [-0.39, 0.29) is 18.9 Å². The second kappa shape index (κ2) is 17.4. The van der Waals surface area contributed by atoms with Gasteiger partial charge in [-0.1, -0.05) is 50.1 Å². The number of aliphatic hydroxyl groups is 2. The zero-order valence-electron chi connectivity index (χ0n) is 28.0. The molecule has 1 aromatic carbocycles. The molecular weight excluding hydrogens is 578 g/mol. The summed E-state index contributed by atoms with van der Waals surface area (Å²) in [5.41, 5.74) is -0.872. The largest absolute Gasteiger partial charge is 0.444 e. The number of carbonyl (C=O) groups is 4. The number of hydrogen-bond donors (Lipinski definition) is 6. The lowest BCUT2D eigenvalue weighted by atomic mass is 9.96. The van der Waals surface area contributed by atoms with Crippen molar-refractivity contribution in [3.8, 4) is 0 Å². The SMILES string of the molecule is CCCC[C@H](NC(=O)[C@H](Cc1ccccc1)NC(=O)N1CCC(NC(=O)OC(C)(C)C)CC1)C(=O)N[C@@H](C)[C@@H](O)CC(C)(C)O. The van der Waals surface area contributed by atoms with Crippen molar-refractivity contribution in [2.75, 3.05) is 13.1 Å². The third kappa shape index (κ3) is 14.5. The van der Waals surface area contributed by atoms with E-state index in [9.17, 15) is 29.4 Å². The summed E-state index contributed by atoms with van der Waals surface area (Å²) in [6, 6.07) is 6.29. The molecule has 12 nitrogen and oxygen atoms in total. The molecule has 0 bridgehead atoms. The molecule has 0 saturated carbocycles. The maximum absolute atomic E-state index is 13.7. The van der Waals surface area contributed by atoms with Crippen molar-refractivity contribution in [2.24, 2.45) is 0 Å². The normalized spacial score (nSPS) is 17.0. The van der Waals surface area contributed by atoms with Gasteiger partial charge < -0.3 is 41.1 Å². The van der Waals surface area contributed by atoms with Crippen LogP contribution < -0.4 is 21.3 Å². The lowest BCUT2D eigenvalue weighted by Gasteiger charge is -2.34. The van der Waals surface area contributed by atoms with Gasteiger partial charge in [-0.15, -0.1) is 0 Å². The van der Waals surface area contributed by atoms with Crippen LogP contribution in [0.15, 0.2) is 30.3 Å². The van der Waals surface area contributed by atoms with Gasteiger partial charge in [0.1, 0.15) is 17.7 Å². The van der Waals surface area contributed by atoms with Crippen LogP contribution in [0.5, 0.6) is 0 Å². The van der Waals surface area contributed by atoms with Gasteiger partial charge in [-0.25, -0.2) is 9.59 Å². The number of ether oxygens (including phenoxy) is 1. The molecule has 0 spiro atoms. The van der Waals surface area contributed by atoms with Crippen LogP contribution in [0.25, 0.3) is 0 Å². The van der Waals surface area contributed by atoms with E-state index in [1.54, 1.807) is 46.4 Å². The Morgan fingerprint density at radius 2 is 1.56 bits per heavy atom. The fourth-order valence-electron chi connectivity index (χ4n) is 5.06. The summed E-state index contributed by atoms with van der Waals surface area (Å²) >= 11 is 0. The first kappa shape index (κ1) is 37.8. The van der Waals surface area contributed by atoms with Crippen LogP contribution in [-0.2, 0) is 20.7 Å². The average Bonchev–Trinajstić information content (AvgIpc) is 2.93. The van der Waals surface area contributed by atoms with Gasteiger partial charge in [-0.3, -0.25) is 9.59 Å². The van der Waals surface area contributed by atoms with Gasteiger partial charge in [0.15, 0.2) is 0 Å². The number of benzene rings is 1. The number of aliphatic hydroxyl groups excluding tert-OH is 1. The van der Waals surface area contributed by atoms with E-state index < -0.39 is 59.4 Å². The third-order valence-corrected chi connectivity index (χ3v) is 7.53. The number of urea groups is 1. The molecule has 4 atom stereocenters. The molecule has 12 heteroatoms. The molecule has 6 N–H and O–H groups in total. The Morgan fingerprint density at radius 3 is 2.11 bits per heavy atom. The lowest BCUT2D eigenvalue weighted by molar-refractivity contribution is -0.131. The van der Waals surface area contributed by atoms with Crippen LogP contribution in [0, 0.1) is 0 Å². The second-order valence-electron chi connectivity index (χ2n) is 13.7. The van der Waals surface area contributed by atoms with Crippen LogP contribution in [0.2, 0.25) is 0 Å². The number of nitrogens with zero attached hydrogens (tertiary/aromatic N) is 1. The molecule has 1 heterocycles. The molecule has 45 heavy (non-hydrogen) atoms. The van der Waals surface area contributed by atoms with E-state index in [4.69, 9.17) is 4.74 Å². The Balaban J connectivity index is 2.09. The Morgan fingerprint density at radius 1 is 0.956 bits per heavy atom. The first-order chi connectivity index (χ1) is 21.0. The number of likely N-dealkylation sites (tertiary alicyclic amines) is 1. The molecule has 0 aliphatic carbocycles. The molecule has 1 aliphatic heterocycles. The van der Waals surface area contributed by atoms with Gasteiger partial charge in [0.05, 0.1) is 17.7 Å². The number of unbranched alkanes of at least 4 members (excludes halogenated alkanes) is 1. The average molecular weight is 634 g/mol.